The molecule has 0 aliphatic carbocycles. The van der Waals surface area contributed by atoms with E-state index in [0.717, 1.165) is 32.9 Å². The van der Waals surface area contributed by atoms with E-state index in [1.54, 1.807) is 6.92 Å². The van der Waals surface area contributed by atoms with Crippen molar-refractivity contribution < 1.29 is 19.1 Å². The summed E-state index contributed by atoms with van der Waals surface area (Å²) in [6.07, 6.45) is 0.870. The third-order valence-electron chi connectivity index (χ3n) is 5.03. The summed E-state index contributed by atoms with van der Waals surface area (Å²) in [6.45, 7) is 8.46. The molecule has 5 nitrogen and oxygen atoms in total. The predicted octanol–water partition coefficient (Wildman–Crippen LogP) is 6.31. The van der Waals surface area contributed by atoms with Crippen LogP contribution in [0.4, 0.5) is 5.00 Å². The van der Waals surface area contributed by atoms with E-state index in [1.165, 1.54) is 11.3 Å². The van der Waals surface area contributed by atoms with Crippen LogP contribution in [0, 0.1) is 20.8 Å². The van der Waals surface area contributed by atoms with E-state index in [-0.39, 0.29) is 12.5 Å². The van der Waals surface area contributed by atoms with Gasteiger partial charge in [0.05, 0.1) is 13.2 Å². The molecule has 0 saturated carbocycles. The SMILES string of the molecule is CCOC(=O)c1c(NC(=O)CCCOc2cc(C)ccc2C)sc(C)c1-c1ccccc1. The lowest BCUT2D eigenvalue weighted by Gasteiger charge is -2.11. The number of hydrogen-bond acceptors (Lipinski definition) is 5. The van der Waals surface area contributed by atoms with Gasteiger partial charge in [0, 0.05) is 16.9 Å². The van der Waals surface area contributed by atoms with Crippen LogP contribution in [0.3, 0.4) is 0 Å². The summed E-state index contributed by atoms with van der Waals surface area (Å²) in [5, 5.41) is 3.45. The summed E-state index contributed by atoms with van der Waals surface area (Å²) < 4.78 is 11.1. The molecule has 32 heavy (non-hydrogen) atoms. The average Bonchev–Trinajstić information content (AvgIpc) is 3.09. The van der Waals surface area contributed by atoms with E-state index < -0.39 is 5.97 Å². The molecule has 1 aromatic heterocycles. The average molecular weight is 452 g/mol. The van der Waals surface area contributed by atoms with Crippen molar-refractivity contribution in [3.05, 3.63) is 70.1 Å². The number of anilines is 1. The second-order valence-electron chi connectivity index (χ2n) is 7.59. The number of thiophene rings is 1. The Labute approximate surface area is 193 Å². The molecule has 0 radical (unpaired) electrons. The Morgan fingerprint density at radius 3 is 2.50 bits per heavy atom. The molecule has 1 amide bonds. The minimum Gasteiger partial charge on any atom is -0.493 e. The normalized spacial score (nSPS) is 10.6. The van der Waals surface area contributed by atoms with Gasteiger partial charge in [0.15, 0.2) is 0 Å². The molecule has 1 heterocycles. The first-order valence-corrected chi connectivity index (χ1v) is 11.6. The molecule has 2 aromatic carbocycles. The van der Waals surface area contributed by atoms with Gasteiger partial charge in [-0.3, -0.25) is 4.79 Å². The standard InChI is InChI=1S/C26H29NO4S/c1-5-30-26(29)24-23(20-10-7-6-8-11-20)19(4)32-25(24)27-22(28)12-9-15-31-21-16-17(2)13-14-18(21)3/h6-8,10-11,13-14,16H,5,9,12,15H2,1-4H3,(H,27,28). The number of aryl methyl sites for hydroxylation is 3. The summed E-state index contributed by atoms with van der Waals surface area (Å²) in [4.78, 5) is 26.3. The Hall–Kier alpha value is -3.12. The number of nitrogens with one attached hydrogen (secondary N) is 1. The van der Waals surface area contributed by atoms with Gasteiger partial charge in [0.1, 0.15) is 16.3 Å². The number of amides is 1. The maximum Gasteiger partial charge on any atom is 0.341 e. The van der Waals surface area contributed by atoms with Crippen LogP contribution < -0.4 is 10.1 Å². The van der Waals surface area contributed by atoms with Crippen LogP contribution in [0.15, 0.2) is 48.5 Å². The van der Waals surface area contributed by atoms with Crippen LogP contribution in [0.1, 0.15) is 46.1 Å². The molecule has 0 fully saturated rings. The van der Waals surface area contributed by atoms with Gasteiger partial charge >= 0.3 is 5.97 Å². The fourth-order valence-electron chi connectivity index (χ4n) is 3.45. The second kappa shape index (κ2) is 11.0. The minimum absolute atomic E-state index is 0.152. The van der Waals surface area contributed by atoms with Gasteiger partial charge in [-0.1, -0.05) is 42.5 Å². The molecular formula is C26H29NO4S. The Bertz CT molecular complexity index is 1090. The van der Waals surface area contributed by atoms with E-state index >= 15 is 0 Å². The Kier molecular flexibility index (Phi) is 8.06. The molecule has 0 atom stereocenters. The topological polar surface area (TPSA) is 64.6 Å². The smallest absolute Gasteiger partial charge is 0.341 e. The van der Waals surface area contributed by atoms with Crippen molar-refractivity contribution in [3.63, 3.8) is 0 Å². The monoisotopic (exact) mass is 451 g/mol. The van der Waals surface area contributed by atoms with E-state index in [9.17, 15) is 9.59 Å². The molecule has 0 saturated heterocycles. The fraction of sp³-hybridized carbons (Fsp3) is 0.308. The second-order valence-corrected chi connectivity index (χ2v) is 8.82. The fourth-order valence-corrected chi connectivity index (χ4v) is 4.53. The first-order chi connectivity index (χ1) is 15.4. The van der Waals surface area contributed by atoms with Crippen molar-refractivity contribution in [2.24, 2.45) is 0 Å². The number of rotatable bonds is 9. The summed E-state index contributed by atoms with van der Waals surface area (Å²) in [5.41, 5.74) is 4.36. The van der Waals surface area contributed by atoms with Crippen LogP contribution in [0.5, 0.6) is 5.75 Å². The molecule has 3 rings (SSSR count). The number of benzene rings is 2. The molecule has 3 aromatic rings. The zero-order chi connectivity index (χ0) is 23.1. The summed E-state index contributed by atoms with van der Waals surface area (Å²) in [6, 6.07) is 15.8. The van der Waals surface area contributed by atoms with Crippen molar-refractivity contribution in [1.82, 2.24) is 0 Å². The van der Waals surface area contributed by atoms with Gasteiger partial charge in [0.2, 0.25) is 5.91 Å². The van der Waals surface area contributed by atoms with Crippen molar-refractivity contribution in [3.8, 4) is 16.9 Å². The Morgan fingerprint density at radius 2 is 1.78 bits per heavy atom. The third-order valence-corrected chi connectivity index (χ3v) is 6.05. The first-order valence-electron chi connectivity index (χ1n) is 10.8. The predicted molar refractivity (Wildman–Crippen MR) is 130 cm³/mol. The number of carbonyl (C=O) groups is 2. The van der Waals surface area contributed by atoms with Crippen LogP contribution in [-0.2, 0) is 9.53 Å². The van der Waals surface area contributed by atoms with E-state index in [2.05, 4.69) is 5.32 Å². The highest BCUT2D eigenvalue weighted by Gasteiger charge is 2.25. The van der Waals surface area contributed by atoms with Gasteiger partial charge in [-0.25, -0.2) is 4.79 Å². The molecule has 0 unspecified atom stereocenters. The lowest BCUT2D eigenvalue weighted by molar-refractivity contribution is -0.116. The highest BCUT2D eigenvalue weighted by Crippen LogP contribution is 2.40. The Morgan fingerprint density at radius 1 is 1.03 bits per heavy atom. The summed E-state index contributed by atoms with van der Waals surface area (Å²) in [5.74, 6) is 0.265. The molecule has 0 spiro atoms. The molecule has 0 aliphatic heterocycles. The summed E-state index contributed by atoms with van der Waals surface area (Å²) >= 11 is 1.39. The zero-order valence-corrected chi connectivity index (χ0v) is 19.8. The Balaban J connectivity index is 1.69. The maximum absolute atomic E-state index is 12.7. The van der Waals surface area contributed by atoms with Crippen LogP contribution in [0.25, 0.3) is 11.1 Å². The van der Waals surface area contributed by atoms with Crippen molar-refractivity contribution in [2.75, 3.05) is 18.5 Å². The van der Waals surface area contributed by atoms with Crippen molar-refractivity contribution in [2.45, 2.75) is 40.5 Å². The van der Waals surface area contributed by atoms with Crippen LogP contribution in [0.2, 0.25) is 0 Å². The van der Waals surface area contributed by atoms with Gasteiger partial charge < -0.3 is 14.8 Å². The quantitative estimate of drug-likeness (QED) is 0.306. The van der Waals surface area contributed by atoms with E-state index in [4.69, 9.17) is 9.47 Å². The molecule has 168 valence electrons. The van der Waals surface area contributed by atoms with Gasteiger partial charge in [-0.2, -0.15) is 0 Å². The largest absolute Gasteiger partial charge is 0.493 e. The lowest BCUT2D eigenvalue weighted by Crippen LogP contribution is -2.15. The van der Waals surface area contributed by atoms with Gasteiger partial charge in [0.25, 0.3) is 0 Å². The lowest BCUT2D eigenvalue weighted by atomic mass is 10.0. The van der Waals surface area contributed by atoms with Crippen molar-refractivity contribution >= 4 is 28.2 Å². The number of carbonyl (C=O) groups excluding carboxylic acids is 2. The highest BCUT2D eigenvalue weighted by atomic mass is 32.1. The van der Waals surface area contributed by atoms with E-state index in [0.29, 0.717) is 30.0 Å². The molecule has 1 N–H and O–H groups in total. The third kappa shape index (κ3) is 5.77. The highest BCUT2D eigenvalue weighted by molar-refractivity contribution is 7.17. The number of ether oxygens (including phenoxy) is 2. The first kappa shape index (κ1) is 23.5. The number of esters is 1. The molecular weight excluding hydrogens is 422 g/mol. The summed E-state index contributed by atoms with van der Waals surface area (Å²) in [7, 11) is 0. The maximum atomic E-state index is 12.7. The minimum atomic E-state index is -0.427. The molecule has 0 bridgehead atoms. The van der Waals surface area contributed by atoms with Crippen LogP contribution in [-0.4, -0.2) is 25.1 Å². The zero-order valence-electron chi connectivity index (χ0n) is 19.0. The van der Waals surface area contributed by atoms with Crippen molar-refractivity contribution in [1.29, 1.82) is 0 Å². The van der Waals surface area contributed by atoms with Gasteiger partial charge in [-0.05, 0) is 56.9 Å². The number of hydrogen-bond donors (Lipinski definition) is 1. The van der Waals surface area contributed by atoms with Gasteiger partial charge in [-0.15, -0.1) is 11.3 Å². The molecule has 6 heteroatoms. The van der Waals surface area contributed by atoms with Crippen LogP contribution >= 0.6 is 11.3 Å². The molecule has 0 aliphatic rings. The van der Waals surface area contributed by atoms with E-state index in [1.807, 2.05) is 69.3 Å².